The molecule has 0 fully saturated rings. The van der Waals surface area contributed by atoms with Gasteiger partial charge < -0.3 is 5.32 Å². The number of hydrogen-bond acceptors (Lipinski definition) is 2. The molecule has 0 bridgehead atoms. The van der Waals surface area contributed by atoms with Crippen LogP contribution in [0.15, 0.2) is 47.4 Å². The highest BCUT2D eigenvalue weighted by molar-refractivity contribution is 7.99. The zero-order chi connectivity index (χ0) is 15.2. The van der Waals surface area contributed by atoms with Gasteiger partial charge in [-0.1, -0.05) is 23.2 Å². The predicted octanol–water partition coefficient (Wildman–Crippen LogP) is 5.25. The van der Waals surface area contributed by atoms with Crippen LogP contribution in [0.1, 0.15) is 6.42 Å². The third-order valence-corrected chi connectivity index (χ3v) is 4.01. The van der Waals surface area contributed by atoms with E-state index in [4.69, 9.17) is 23.2 Å². The third kappa shape index (κ3) is 5.58. The lowest BCUT2D eigenvalue weighted by atomic mass is 10.3. The summed E-state index contributed by atoms with van der Waals surface area (Å²) in [5.41, 5.74) is 0.573. The summed E-state index contributed by atoms with van der Waals surface area (Å²) < 4.78 is 12.7. The summed E-state index contributed by atoms with van der Waals surface area (Å²) >= 11 is 13.2. The van der Waals surface area contributed by atoms with Crippen LogP contribution in [0.3, 0.4) is 0 Å². The first-order chi connectivity index (χ1) is 10.0. The molecule has 2 aromatic carbocycles. The largest absolute Gasteiger partial charge is 0.326 e. The molecule has 2 aromatic rings. The molecule has 1 amide bonds. The van der Waals surface area contributed by atoms with Crippen molar-refractivity contribution in [2.75, 3.05) is 11.1 Å². The number of carbonyl (C=O) groups excluding carboxylic acids is 1. The molecule has 0 aliphatic heterocycles. The summed E-state index contributed by atoms with van der Waals surface area (Å²) in [6.07, 6.45) is 0.339. The summed E-state index contributed by atoms with van der Waals surface area (Å²) in [5.74, 6) is 0.212. The van der Waals surface area contributed by atoms with Gasteiger partial charge in [0.05, 0.1) is 0 Å². The first kappa shape index (κ1) is 16.1. The maximum Gasteiger partial charge on any atom is 0.225 e. The average molecular weight is 344 g/mol. The summed E-state index contributed by atoms with van der Waals surface area (Å²) in [5, 5.41) is 3.68. The molecule has 0 heterocycles. The van der Waals surface area contributed by atoms with Gasteiger partial charge in [-0.3, -0.25) is 4.79 Å². The topological polar surface area (TPSA) is 29.1 Å². The van der Waals surface area contributed by atoms with E-state index in [1.54, 1.807) is 30.3 Å². The first-order valence-corrected chi connectivity index (χ1v) is 7.91. The molecule has 6 heteroatoms. The van der Waals surface area contributed by atoms with Gasteiger partial charge in [-0.15, -0.1) is 11.8 Å². The van der Waals surface area contributed by atoms with Crippen LogP contribution < -0.4 is 5.32 Å². The van der Waals surface area contributed by atoms with Crippen LogP contribution in [0.5, 0.6) is 0 Å². The molecule has 0 saturated carbocycles. The fourth-order valence-corrected chi connectivity index (χ4v) is 3.02. The molecular weight excluding hydrogens is 332 g/mol. The second kappa shape index (κ2) is 7.69. The Balaban J connectivity index is 1.80. The van der Waals surface area contributed by atoms with E-state index >= 15 is 0 Å². The number of rotatable bonds is 5. The fraction of sp³-hybridized carbons (Fsp3) is 0.133. The van der Waals surface area contributed by atoms with Crippen molar-refractivity contribution < 1.29 is 9.18 Å². The lowest BCUT2D eigenvalue weighted by molar-refractivity contribution is -0.115. The second-order valence-corrected chi connectivity index (χ2v) is 6.30. The standard InChI is InChI=1S/C15H12Cl2FNOS/c16-10-7-11(17)9-13(8-10)19-15(20)5-6-21-14-3-1-12(18)2-4-14/h1-4,7-9H,5-6H2,(H,19,20). The lowest BCUT2D eigenvalue weighted by Gasteiger charge is -2.06. The molecule has 0 atom stereocenters. The van der Waals surface area contributed by atoms with Crippen LogP contribution >= 0.6 is 35.0 Å². The Morgan fingerprint density at radius 2 is 1.71 bits per heavy atom. The molecule has 0 spiro atoms. The van der Waals surface area contributed by atoms with Crippen LogP contribution in [0.25, 0.3) is 0 Å². The number of benzene rings is 2. The Bertz CT molecular complexity index is 614. The average Bonchev–Trinajstić information content (AvgIpc) is 2.39. The minimum absolute atomic E-state index is 0.122. The molecule has 21 heavy (non-hydrogen) atoms. The van der Waals surface area contributed by atoms with Crippen molar-refractivity contribution in [2.45, 2.75) is 11.3 Å². The van der Waals surface area contributed by atoms with Gasteiger partial charge in [0.1, 0.15) is 5.82 Å². The van der Waals surface area contributed by atoms with E-state index in [1.807, 2.05) is 0 Å². The predicted molar refractivity (Wildman–Crippen MR) is 86.8 cm³/mol. The number of anilines is 1. The number of carbonyl (C=O) groups is 1. The number of halogens is 3. The van der Waals surface area contributed by atoms with E-state index in [0.717, 1.165) is 4.90 Å². The molecule has 0 saturated heterocycles. The monoisotopic (exact) mass is 343 g/mol. The van der Waals surface area contributed by atoms with E-state index in [-0.39, 0.29) is 11.7 Å². The molecule has 110 valence electrons. The highest BCUT2D eigenvalue weighted by atomic mass is 35.5. The summed E-state index contributed by atoms with van der Waals surface area (Å²) in [7, 11) is 0. The molecule has 2 rings (SSSR count). The maximum absolute atomic E-state index is 12.7. The number of amides is 1. The molecule has 0 aromatic heterocycles. The van der Waals surface area contributed by atoms with Crippen molar-refractivity contribution in [3.63, 3.8) is 0 Å². The Morgan fingerprint density at radius 1 is 1.10 bits per heavy atom. The first-order valence-electron chi connectivity index (χ1n) is 6.17. The Labute approximate surface area is 136 Å². The number of thioether (sulfide) groups is 1. The molecule has 0 unspecified atom stereocenters. The highest BCUT2D eigenvalue weighted by Gasteiger charge is 2.05. The molecule has 2 nitrogen and oxygen atoms in total. The van der Waals surface area contributed by atoms with Crippen molar-refractivity contribution in [3.8, 4) is 0 Å². The Hall–Kier alpha value is -1.23. The third-order valence-electron chi connectivity index (χ3n) is 2.56. The van der Waals surface area contributed by atoms with Gasteiger partial charge in [0.15, 0.2) is 0 Å². The van der Waals surface area contributed by atoms with E-state index in [2.05, 4.69) is 5.32 Å². The van der Waals surface area contributed by atoms with Crippen LogP contribution in [-0.4, -0.2) is 11.7 Å². The molecule has 1 N–H and O–H groups in total. The van der Waals surface area contributed by atoms with Crippen LogP contribution in [0.4, 0.5) is 10.1 Å². The zero-order valence-electron chi connectivity index (χ0n) is 10.9. The molecular formula is C15H12Cl2FNOS. The van der Waals surface area contributed by atoms with Crippen molar-refractivity contribution >= 4 is 46.6 Å². The molecule has 0 radical (unpaired) electrons. The van der Waals surface area contributed by atoms with Gasteiger partial charge in [-0.25, -0.2) is 4.39 Å². The maximum atomic E-state index is 12.7. The summed E-state index contributed by atoms with van der Waals surface area (Å²) in [6.45, 7) is 0. The summed E-state index contributed by atoms with van der Waals surface area (Å²) in [4.78, 5) is 12.7. The van der Waals surface area contributed by atoms with Crippen molar-refractivity contribution in [1.29, 1.82) is 0 Å². The van der Waals surface area contributed by atoms with Gasteiger partial charge in [0, 0.05) is 32.8 Å². The van der Waals surface area contributed by atoms with Crippen LogP contribution in [-0.2, 0) is 4.79 Å². The van der Waals surface area contributed by atoms with Crippen molar-refractivity contribution in [1.82, 2.24) is 0 Å². The van der Waals surface area contributed by atoms with Crippen LogP contribution in [0, 0.1) is 5.82 Å². The number of hydrogen-bond donors (Lipinski definition) is 1. The molecule has 0 aliphatic carbocycles. The highest BCUT2D eigenvalue weighted by Crippen LogP contribution is 2.23. The Kier molecular flexibility index (Phi) is 5.91. The SMILES string of the molecule is O=C(CCSc1ccc(F)cc1)Nc1cc(Cl)cc(Cl)c1. The minimum Gasteiger partial charge on any atom is -0.326 e. The van der Waals surface area contributed by atoms with Crippen molar-refractivity contribution in [3.05, 3.63) is 58.3 Å². The van der Waals surface area contributed by atoms with Crippen molar-refractivity contribution in [2.24, 2.45) is 0 Å². The van der Waals surface area contributed by atoms with Gasteiger partial charge in [-0.05, 0) is 42.5 Å². The van der Waals surface area contributed by atoms with E-state index in [0.29, 0.717) is 27.9 Å². The quantitative estimate of drug-likeness (QED) is 0.750. The normalized spacial score (nSPS) is 10.4. The second-order valence-electron chi connectivity index (χ2n) is 4.26. The zero-order valence-corrected chi connectivity index (χ0v) is 13.2. The smallest absolute Gasteiger partial charge is 0.225 e. The lowest BCUT2D eigenvalue weighted by Crippen LogP contribution is -2.12. The minimum atomic E-state index is -0.269. The Morgan fingerprint density at radius 3 is 2.33 bits per heavy atom. The summed E-state index contributed by atoms with van der Waals surface area (Å²) in [6, 6.07) is 11.1. The van der Waals surface area contributed by atoms with E-state index < -0.39 is 0 Å². The fourth-order valence-electron chi connectivity index (χ4n) is 1.64. The number of nitrogens with one attached hydrogen (secondary N) is 1. The van der Waals surface area contributed by atoms with E-state index in [1.165, 1.54) is 23.9 Å². The molecule has 0 aliphatic rings. The van der Waals surface area contributed by atoms with E-state index in [9.17, 15) is 9.18 Å². The van der Waals surface area contributed by atoms with Gasteiger partial charge in [0.25, 0.3) is 0 Å². The van der Waals surface area contributed by atoms with Crippen LogP contribution in [0.2, 0.25) is 10.0 Å². The van der Waals surface area contributed by atoms with Gasteiger partial charge in [0.2, 0.25) is 5.91 Å². The van der Waals surface area contributed by atoms with Gasteiger partial charge in [-0.2, -0.15) is 0 Å². The van der Waals surface area contributed by atoms with Gasteiger partial charge >= 0.3 is 0 Å².